The molecule has 0 spiro atoms. The van der Waals surface area contributed by atoms with Gasteiger partial charge in [-0.25, -0.2) is 0 Å². The molecular weight excluding hydrogens is 324 g/mol. The van der Waals surface area contributed by atoms with Crippen molar-refractivity contribution >= 4 is 17.5 Å². The van der Waals surface area contributed by atoms with Crippen LogP contribution in [0.25, 0.3) is 0 Å². The predicted molar refractivity (Wildman–Crippen MR) is 97.1 cm³/mol. The van der Waals surface area contributed by atoms with Crippen LogP contribution in [0.1, 0.15) is 37.4 Å². The highest BCUT2D eigenvalue weighted by atomic mass is 35.5. The van der Waals surface area contributed by atoms with Gasteiger partial charge in [0.15, 0.2) is 0 Å². The highest BCUT2D eigenvalue weighted by Crippen LogP contribution is 2.14. The summed E-state index contributed by atoms with van der Waals surface area (Å²) in [6, 6.07) is 7.97. The first-order valence-corrected chi connectivity index (χ1v) is 8.59. The third-order valence-electron chi connectivity index (χ3n) is 4.12. The van der Waals surface area contributed by atoms with Gasteiger partial charge in [0.25, 0.3) is 0 Å². The average Bonchev–Trinajstić information content (AvgIpc) is 2.99. The molecule has 2 N–H and O–H groups in total. The van der Waals surface area contributed by atoms with Crippen LogP contribution in [0.2, 0.25) is 5.02 Å². The van der Waals surface area contributed by atoms with Crippen molar-refractivity contribution in [2.75, 3.05) is 6.54 Å². The van der Waals surface area contributed by atoms with E-state index in [-0.39, 0.29) is 18.0 Å². The minimum absolute atomic E-state index is 0.0113. The Bertz CT molecular complexity index is 671. The second-order valence-electron chi connectivity index (χ2n) is 6.10. The van der Waals surface area contributed by atoms with E-state index < -0.39 is 0 Å². The first kappa shape index (κ1) is 18.5. The number of rotatable bonds is 8. The van der Waals surface area contributed by atoms with E-state index in [0.717, 1.165) is 11.1 Å². The molecule has 2 rings (SSSR count). The van der Waals surface area contributed by atoms with Crippen LogP contribution in [0, 0.1) is 6.92 Å². The number of amides is 1. The van der Waals surface area contributed by atoms with Gasteiger partial charge in [0, 0.05) is 36.8 Å². The molecule has 130 valence electrons. The number of carbonyl (C=O) groups is 1. The van der Waals surface area contributed by atoms with Crippen molar-refractivity contribution < 1.29 is 4.79 Å². The molecule has 0 aliphatic heterocycles. The molecule has 0 radical (unpaired) electrons. The molecule has 2 aromatic rings. The van der Waals surface area contributed by atoms with Crippen molar-refractivity contribution in [3.63, 3.8) is 0 Å². The Morgan fingerprint density at radius 1 is 1.33 bits per heavy atom. The Labute approximate surface area is 148 Å². The zero-order valence-electron chi connectivity index (χ0n) is 14.4. The Hall–Kier alpha value is -1.85. The maximum Gasteiger partial charge on any atom is 0.221 e. The van der Waals surface area contributed by atoms with E-state index in [1.165, 1.54) is 0 Å². The highest BCUT2D eigenvalue weighted by Gasteiger charge is 2.14. The van der Waals surface area contributed by atoms with Gasteiger partial charge in [0.05, 0.1) is 12.2 Å². The molecule has 6 heteroatoms. The molecule has 5 nitrogen and oxygen atoms in total. The number of hydrogen-bond acceptors (Lipinski definition) is 3. The molecule has 1 amide bonds. The minimum Gasteiger partial charge on any atom is -0.352 e. The summed E-state index contributed by atoms with van der Waals surface area (Å²) in [6.45, 7) is 7.32. The van der Waals surface area contributed by atoms with E-state index in [1.807, 2.05) is 48.3 Å². The summed E-state index contributed by atoms with van der Waals surface area (Å²) in [5, 5.41) is 11.3. The van der Waals surface area contributed by atoms with Crippen molar-refractivity contribution in [3.8, 4) is 0 Å². The SMILES string of the molecule is Cc1cnn(C(C)C(C)NCCC(=O)NCc2ccccc2Cl)c1. The lowest BCUT2D eigenvalue weighted by atomic mass is 10.1. The summed E-state index contributed by atoms with van der Waals surface area (Å²) in [6.07, 6.45) is 4.31. The number of nitrogens with one attached hydrogen (secondary N) is 2. The lowest BCUT2D eigenvalue weighted by molar-refractivity contribution is -0.121. The topological polar surface area (TPSA) is 59.0 Å². The normalized spacial score (nSPS) is 13.5. The summed E-state index contributed by atoms with van der Waals surface area (Å²) in [7, 11) is 0. The fraction of sp³-hybridized carbons (Fsp3) is 0.444. The molecule has 0 saturated carbocycles. The number of carbonyl (C=O) groups excluding carboxylic acids is 1. The van der Waals surface area contributed by atoms with E-state index in [0.29, 0.717) is 24.5 Å². The summed E-state index contributed by atoms with van der Waals surface area (Å²) in [4.78, 5) is 11.9. The molecule has 2 atom stereocenters. The van der Waals surface area contributed by atoms with E-state index in [9.17, 15) is 4.79 Å². The lowest BCUT2D eigenvalue weighted by Crippen LogP contribution is -2.36. The molecule has 0 aliphatic carbocycles. The Morgan fingerprint density at radius 2 is 2.08 bits per heavy atom. The van der Waals surface area contributed by atoms with E-state index in [4.69, 9.17) is 11.6 Å². The van der Waals surface area contributed by atoms with E-state index in [1.54, 1.807) is 0 Å². The van der Waals surface area contributed by atoms with Gasteiger partial charge in [-0.1, -0.05) is 29.8 Å². The van der Waals surface area contributed by atoms with Crippen molar-refractivity contribution in [2.45, 2.75) is 45.8 Å². The number of aryl methyl sites for hydroxylation is 1. The zero-order valence-corrected chi connectivity index (χ0v) is 15.2. The van der Waals surface area contributed by atoms with Gasteiger partial charge in [-0.15, -0.1) is 0 Å². The Kier molecular flexibility index (Phi) is 6.82. The van der Waals surface area contributed by atoms with Crippen molar-refractivity contribution in [2.24, 2.45) is 0 Å². The Balaban J connectivity index is 1.69. The quantitative estimate of drug-likeness (QED) is 0.770. The maximum atomic E-state index is 11.9. The zero-order chi connectivity index (χ0) is 17.5. The maximum absolute atomic E-state index is 11.9. The lowest BCUT2D eigenvalue weighted by Gasteiger charge is -2.21. The number of aromatic nitrogens is 2. The smallest absolute Gasteiger partial charge is 0.221 e. The molecule has 24 heavy (non-hydrogen) atoms. The third-order valence-corrected chi connectivity index (χ3v) is 4.49. The molecule has 1 aromatic carbocycles. The van der Waals surface area contributed by atoms with Gasteiger partial charge >= 0.3 is 0 Å². The fourth-order valence-electron chi connectivity index (χ4n) is 2.39. The van der Waals surface area contributed by atoms with Crippen LogP contribution in [0.4, 0.5) is 0 Å². The van der Waals surface area contributed by atoms with Crippen LogP contribution < -0.4 is 10.6 Å². The standard InChI is InChI=1S/C18H25ClN4O/c1-13-10-22-23(12-13)15(3)14(2)20-9-8-18(24)21-11-16-6-4-5-7-17(16)19/h4-7,10,12,14-15,20H,8-9,11H2,1-3H3,(H,21,24). The summed E-state index contributed by atoms with van der Waals surface area (Å²) in [5.74, 6) is 0.0113. The Morgan fingerprint density at radius 3 is 2.75 bits per heavy atom. The summed E-state index contributed by atoms with van der Waals surface area (Å²) in [5.41, 5.74) is 2.07. The van der Waals surface area contributed by atoms with E-state index in [2.05, 4.69) is 29.6 Å². The molecule has 0 saturated heterocycles. The van der Waals surface area contributed by atoms with Crippen LogP contribution in [-0.4, -0.2) is 28.3 Å². The molecule has 0 aliphatic rings. The van der Waals surface area contributed by atoms with Crippen LogP contribution >= 0.6 is 11.6 Å². The summed E-state index contributed by atoms with van der Waals surface area (Å²) < 4.78 is 1.95. The molecule has 2 unspecified atom stereocenters. The van der Waals surface area contributed by atoms with Gasteiger partial charge in [-0.2, -0.15) is 5.10 Å². The van der Waals surface area contributed by atoms with E-state index >= 15 is 0 Å². The largest absolute Gasteiger partial charge is 0.352 e. The molecule has 0 fully saturated rings. The number of nitrogens with zero attached hydrogens (tertiary/aromatic N) is 2. The fourth-order valence-corrected chi connectivity index (χ4v) is 2.60. The molecular formula is C18H25ClN4O. The second kappa shape index (κ2) is 8.85. The second-order valence-corrected chi connectivity index (χ2v) is 6.51. The number of benzene rings is 1. The van der Waals surface area contributed by atoms with Crippen molar-refractivity contribution in [3.05, 3.63) is 52.8 Å². The van der Waals surface area contributed by atoms with Gasteiger partial charge in [-0.3, -0.25) is 9.48 Å². The van der Waals surface area contributed by atoms with Crippen molar-refractivity contribution in [1.82, 2.24) is 20.4 Å². The van der Waals surface area contributed by atoms with Gasteiger partial charge in [-0.05, 0) is 38.0 Å². The van der Waals surface area contributed by atoms with Gasteiger partial charge < -0.3 is 10.6 Å². The molecule has 1 aromatic heterocycles. The van der Waals surface area contributed by atoms with Crippen LogP contribution in [0.3, 0.4) is 0 Å². The minimum atomic E-state index is 0.0113. The number of halogens is 1. The summed E-state index contributed by atoms with van der Waals surface area (Å²) >= 11 is 6.08. The molecule has 0 bridgehead atoms. The van der Waals surface area contributed by atoms with Crippen LogP contribution in [0.5, 0.6) is 0 Å². The number of hydrogen-bond donors (Lipinski definition) is 2. The molecule has 1 heterocycles. The predicted octanol–water partition coefficient (Wildman–Crippen LogP) is 3.09. The first-order chi connectivity index (χ1) is 11.5. The monoisotopic (exact) mass is 348 g/mol. The third kappa shape index (κ3) is 5.35. The van der Waals surface area contributed by atoms with Crippen LogP contribution in [0.15, 0.2) is 36.7 Å². The first-order valence-electron chi connectivity index (χ1n) is 8.21. The highest BCUT2D eigenvalue weighted by molar-refractivity contribution is 6.31. The van der Waals surface area contributed by atoms with Gasteiger partial charge in [0.1, 0.15) is 0 Å². The average molecular weight is 349 g/mol. The van der Waals surface area contributed by atoms with Gasteiger partial charge in [0.2, 0.25) is 5.91 Å². The van der Waals surface area contributed by atoms with Crippen LogP contribution in [-0.2, 0) is 11.3 Å². The van der Waals surface area contributed by atoms with Crippen molar-refractivity contribution in [1.29, 1.82) is 0 Å².